The van der Waals surface area contributed by atoms with E-state index in [0.717, 1.165) is 6.26 Å². The van der Waals surface area contributed by atoms with Crippen molar-refractivity contribution in [3.8, 4) is 17.0 Å². The number of rotatable bonds is 3. The lowest BCUT2D eigenvalue weighted by Crippen LogP contribution is -1.97. The zero-order chi connectivity index (χ0) is 11.5. The maximum Gasteiger partial charge on any atom is 0.341 e. The Balaban J connectivity index is 2.58. The molecule has 0 aliphatic rings. The number of methoxy groups -OCH3 is 1. The first kappa shape index (κ1) is 10.2. The molecular weight excluding hydrogens is 210 g/mol. The summed E-state index contributed by atoms with van der Waals surface area (Å²) in [7, 11) is 1.51. The van der Waals surface area contributed by atoms with Gasteiger partial charge in [0.05, 0.1) is 7.11 Å². The Morgan fingerprint density at radius 2 is 2.19 bits per heavy atom. The molecule has 1 N–H and O–H groups in total. The fourth-order valence-corrected chi connectivity index (χ4v) is 1.42. The van der Waals surface area contributed by atoms with E-state index in [0.29, 0.717) is 11.3 Å². The zero-order valence-electron chi connectivity index (χ0n) is 8.51. The van der Waals surface area contributed by atoms with Gasteiger partial charge in [0.15, 0.2) is 0 Å². The summed E-state index contributed by atoms with van der Waals surface area (Å²) >= 11 is 0. The minimum Gasteiger partial charge on any atom is -0.496 e. The number of benzene rings is 1. The molecule has 0 saturated heterocycles. The summed E-state index contributed by atoms with van der Waals surface area (Å²) in [6, 6.07) is 7.03. The molecule has 0 saturated carbocycles. The molecule has 0 atom stereocenters. The Labute approximate surface area is 91.3 Å². The number of carboxylic acids is 1. The van der Waals surface area contributed by atoms with Gasteiger partial charge in [0, 0.05) is 5.56 Å². The van der Waals surface area contributed by atoms with E-state index in [-0.39, 0.29) is 11.3 Å². The van der Waals surface area contributed by atoms with Crippen LogP contribution in [0.15, 0.2) is 35.1 Å². The van der Waals surface area contributed by atoms with Gasteiger partial charge in [0.2, 0.25) is 0 Å². The molecule has 1 heterocycles. The van der Waals surface area contributed by atoms with Gasteiger partial charge < -0.3 is 14.4 Å². The van der Waals surface area contributed by atoms with Crippen LogP contribution in [0.25, 0.3) is 11.3 Å². The Morgan fingerprint density at radius 1 is 1.44 bits per heavy atom. The Morgan fingerprint density at radius 3 is 2.88 bits per heavy atom. The Kier molecular flexibility index (Phi) is 2.59. The molecule has 0 unspecified atom stereocenters. The van der Waals surface area contributed by atoms with Gasteiger partial charge in [-0.1, -0.05) is 17.3 Å². The normalized spacial score (nSPS) is 10.1. The van der Waals surface area contributed by atoms with Crippen molar-refractivity contribution in [3.05, 3.63) is 36.1 Å². The van der Waals surface area contributed by atoms with E-state index in [4.69, 9.17) is 9.84 Å². The SMILES string of the molecule is COc1ccccc1-c1nocc1C(=O)O. The van der Waals surface area contributed by atoms with Gasteiger partial charge >= 0.3 is 5.97 Å². The number of carbonyl (C=O) groups is 1. The summed E-state index contributed by atoms with van der Waals surface area (Å²) in [5.74, 6) is -0.527. The molecule has 1 aromatic carbocycles. The number of hydrogen-bond acceptors (Lipinski definition) is 4. The van der Waals surface area contributed by atoms with Gasteiger partial charge in [-0.25, -0.2) is 4.79 Å². The number of aromatic carboxylic acids is 1. The van der Waals surface area contributed by atoms with Crippen molar-refractivity contribution >= 4 is 5.97 Å². The van der Waals surface area contributed by atoms with Crippen LogP contribution in [0.2, 0.25) is 0 Å². The van der Waals surface area contributed by atoms with Crippen molar-refractivity contribution < 1.29 is 19.2 Å². The molecule has 1 aromatic heterocycles. The second kappa shape index (κ2) is 4.06. The van der Waals surface area contributed by atoms with Crippen molar-refractivity contribution in [2.75, 3.05) is 7.11 Å². The molecule has 0 fully saturated rings. The molecular formula is C11H9NO4. The van der Waals surface area contributed by atoms with Crippen molar-refractivity contribution in [3.63, 3.8) is 0 Å². The molecule has 0 amide bonds. The maximum absolute atomic E-state index is 10.9. The van der Waals surface area contributed by atoms with Gasteiger partial charge in [0.1, 0.15) is 23.3 Å². The highest BCUT2D eigenvalue weighted by atomic mass is 16.5. The maximum atomic E-state index is 10.9. The van der Waals surface area contributed by atoms with Crippen LogP contribution in [0.5, 0.6) is 5.75 Å². The lowest BCUT2D eigenvalue weighted by molar-refractivity contribution is 0.0697. The first-order valence-electron chi connectivity index (χ1n) is 4.55. The van der Waals surface area contributed by atoms with Gasteiger partial charge in [-0.15, -0.1) is 0 Å². The number of hydrogen-bond donors (Lipinski definition) is 1. The smallest absolute Gasteiger partial charge is 0.341 e. The molecule has 0 spiro atoms. The Bertz CT molecular complexity index is 518. The highest BCUT2D eigenvalue weighted by molar-refractivity contribution is 5.95. The average Bonchev–Trinajstić information content (AvgIpc) is 2.77. The van der Waals surface area contributed by atoms with Gasteiger partial charge in [-0.3, -0.25) is 0 Å². The molecule has 5 heteroatoms. The summed E-state index contributed by atoms with van der Waals surface area (Å²) in [6.45, 7) is 0. The average molecular weight is 219 g/mol. The third kappa shape index (κ3) is 1.63. The van der Waals surface area contributed by atoms with Crippen LogP contribution in [-0.2, 0) is 0 Å². The van der Waals surface area contributed by atoms with Crippen LogP contribution in [0.1, 0.15) is 10.4 Å². The highest BCUT2D eigenvalue weighted by Crippen LogP contribution is 2.30. The second-order valence-corrected chi connectivity index (χ2v) is 3.08. The lowest BCUT2D eigenvalue weighted by Gasteiger charge is -2.05. The summed E-state index contributed by atoms with van der Waals surface area (Å²) in [6.07, 6.45) is 1.10. The quantitative estimate of drug-likeness (QED) is 0.855. The molecule has 2 aromatic rings. The predicted octanol–water partition coefficient (Wildman–Crippen LogP) is 2.05. The lowest BCUT2D eigenvalue weighted by atomic mass is 10.1. The molecule has 16 heavy (non-hydrogen) atoms. The summed E-state index contributed by atoms with van der Waals surface area (Å²) in [5.41, 5.74) is 0.880. The van der Waals surface area contributed by atoms with E-state index in [1.807, 2.05) is 0 Å². The van der Waals surface area contributed by atoms with Crippen LogP contribution >= 0.6 is 0 Å². The number of aromatic nitrogens is 1. The molecule has 5 nitrogen and oxygen atoms in total. The Hall–Kier alpha value is -2.30. The van der Waals surface area contributed by atoms with Gasteiger partial charge in [-0.2, -0.15) is 0 Å². The van der Waals surface area contributed by atoms with Crippen LogP contribution in [0, 0.1) is 0 Å². The predicted molar refractivity (Wildman–Crippen MR) is 55.5 cm³/mol. The van der Waals surface area contributed by atoms with Crippen molar-refractivity contribution in [2.45, 2.75) is 0 Å². The largest absolute Gasteiger partial charge is 0.496 e. The minimum absolute atomic E-state index is 0.0181. The van der Waals surface area contributed by atoms with Gasteiger partial charge in [0.25, 0.3) is 0 Å². The standard InChI is InChI=1S/C11H9NO4/c1-15-9-5-3-2-4-7(9)10-8(11(13)14)6-16-12-10/h2-6H,1H3,(H,13,14). The van der Waals surface area contributed by atoms with Crippen LogP contribution in [0.4, 0.5) is 0 Å². The van der Waals surface area contributed by atoms with E-state index < -0.39 is 5.97 Å². The number of carboxylic acid groups (broad SMARTS) is 1. The first-order valence-corrected chi connectivity index (χ1v) is 4.55. The molecule has 0 aliphatic carbocycles. The number of para-hydroxylation sites is 1. The van der Waals surface area contributed by atoms with Crippen LogP contribution in [-0.4, -0.2) is 23.3 Å². The van der Waals surface area contributed by atoms with E-state index in [2.05, 4.69) is 9.68 Å². The van der Waals surface area contributed by atoms with Crippen molar-refractivity contribution in [1.82, 2.24) is 5.16 Å². The second-order valence-electron chi connectivity index (χ2n) is 3.08. The monoisotopic (exact) mass is 219 g/mol. The third-order valence-electron chi connectivity index (χ3n) is 2.16. The summed E-state index contributed by atoms with van der Waals surface area (Å²) < 4.78 is 9.80. The highest BCUT2D eigenvalue weighted by Gasteiger charge is 2.18. The fourth-order valence-electron chi connectivity index (χ4n) is 1.42. The van der Waals surface area contributed by atoms with Crippen LogP contribution < -0.4 is 4.74 Å². The topological polar surface area (TPSA) is 72.6 Å². The molecule has 0 bridgehead atoms. The van der Waals surface area contributed by atoms with Crippen LogP contribution in [0.3, 0.4) is 0 Å². The van der Waals surface area contributed by atoms with Gasteiger partial charge in [-0.05, 0) is 12.1 Å². The number of ether oxygens (including phenoxy) is 1. The van der Waals surface area contributed by atoms with E-state index in [1.165, 1.54) is 7.11 Å². The fraction of sp³-hybridized carbons (Fsp3) is 0.0909. The van der Waals surface area contributed by atoms with E-state index in [1.54, 1.807) is 24.3 Å². The summed E-state index contributed by atoms with van der Waals surface area (Å²) in [4.78, 5) is 10.9. The first-order chi connectivity index (χ1) is 7.74. The van der Waals surface area contributed by atoms with E-state index >= 15 is 0 Å². The molecule has 0 radical (unpaired) electrons. The summed E-state index contributed by atoms with van der Waals surface area (Å²) in [5, 5.41) is 12.6. The van der Waals surface area contributed by atoms with Crippen molar-refractivity contribution in [1.29, 1.82) is 0 Å². The minimum atomic E-state index is -1.08. The third-order valence-corrected chi connectivity index (χ3v) is 2.16. The molecule has 0 aliphatic heterocycles. The van der Waals surface area contributed by atoms with E-state index in [9.17, 15) is 4.79 Å². The zero-order valence-corrected chi connectivity index (χ0v) is 8.51. The molecule has 82 valence electrons. The number of nitrogens with zero attached hydrogens (tertiary/aromatic N) is 1. The molecule has 2 rings (SSSR count). The van der Waals surface area contributed by atoms with Crippen molar-refractivity contribution in [2.24, 2.45) is 0 Å².